The molecule has 0 saturated carbocycles. The van der Waals surface area contributed by atoms with Gasteiger partial charge in [0.1, 0.15) is 0 Å². The molecule has 18 heavy (non-hydrogen) atoms. The molecular weight excluding hydrogens is 254 g/mol. The van der Waals surface area contributed by atoms with Gasteiger partial charge in [0.25, 0.3) is 0 Å². The largest absolute Gasteiger partial charge is 0.370 e. The second-order valence-corrected chi connectivity index (χ2v) is 7.19. The van der Waals surface area contributed by atoms with Crippen molar-refractivity contribution in [3.63, 3.8) is 0 Å². The van der Waals surface area contributed by atoms with E-state index >= 15 is 0 Å². The van der Waals surface area contributed by atoms with Crippen LogP contribution in [0.5, 0.6) is 0 Å². The molecule has 1 aliphatic heterocycles. The SMILES string of the molecule is NCC1CCN(CCS(=O)(=O)CCC(N)=O)CC1. The fourth-order valence-corrected chi connectivity index (χ4v) is 3.32. The van der Waals surface area contributed by atoms with E-state index in [9.17, 15) is 13.2 Å². The van der Waals surface area contributed by atoms with Crippen LogP contribution < -0.4 is 11.5 Å². The Kier molecular flexibility index (Phi) is 6.04. The van der Waals surface area contributed by atoms with Crippen molar-refractivity contribution in [2.75, 3.05) is 37.7 Å². The average Bonchev–Trinajstić information content (AvgIpc) is 2.35. The lowest BCUT2D eigenvalue weighted by Gasteiger charge is -2.31. The van der Waals surface area contributed by atoms with Gasteiger partial charge >= 0.3 is 0 Å². The maximum atomic E-state index is 11.6. The number of primary amides is 1. The molecule has 106 valence electrons. The first-order chi connectivity index (χ1) is 8.43. The number of carbonyl (C=O) groups is 1. The number of amides is 1. The number of likely N-dealkylation sites (tertiary alicyclic amines) is 1. The molecule has 0 atom stereocenters. The van der Waals surface area contributed by atoms with Crippen LogP contribution in [0.25, 0.3) is 0 Å². The number of hydrogen-bond donors (Lipinski definition) is 2. The minimum Gasteiger partial charge on any atom is -0.370 e. The average molecular weight is 277 g/mol. The molecule has 1 amide bonds. The highest BCUT2D eigenvalue weighted by Gasteiger charge is 2.20. The van der Waals surface area contributed by atoms with E-state index in [2.05, 4.69) is 4.90 Å². The summed E-state index contributed by atoms with van der Waals surface area (Å²) in [6.07, 6.45) is 1.99. The van der Waals surface area contributed by atoms with Crippen molar-refractivity contribution in [1.82, 2.24) is 4.90 Å². The number of nitrogens with two attached hydrogens (primary N) is 2. The standard InChI is InChI=1S/C11H23N3O3S/c12-9-10-1-4-14(5-2-10)6-8-18(16,17)7-3-11(13)15/h10H,1-9,12H2,(H2,13,15). The van der Waals surface area contributed by atoms with Gasteiger partial charge in [-0.1, -0.05) is 0 Å². The molecule has 4 N–H and O–H groups in total. The summed E-state index contributed by atoms with van der Waals surface area (Å²) in [5, 5.41) is 0. The first-order valence-electron chi connectivity index (χ1n) is 6.34. The molecule has 1 fully saturated rings. The first kappa shape index (κ1) is 15.4. The van der Waals surface area contributed by atoms with Crippen LogP contribution in [0.4, 0.5) is 0 Å². The third kappa shape index (κ3) is 5.79. The van der Waals surface area contributed by atoms with E-state index in [0.717, 1.165) is 25.9 Å². The number of carbonyl (C=O) groups excluding carboxylic acids is 1. The van der Waals surface area contributed by atoms with Crippen LogP contribution in [-0.4, -0.2) is 56.9 Å². The van der Waals surface area contributed by atoms with Crippen LogP contribution in [0.15, 0.2) is 0 Å². The lowest BCUT2D eigenvalue weighted by atomic mass is 9.97. The Morgan fingerprint density at radius 1 is 1.22 bits per heavy atom. The van der Waals surface area contributed by atoms with Crippen LogP contribution in [0, 0.1) is 5.92 Å². The number of hydrogen-bond acceptors (Lipinski definition) is 5. The molecular formula is C11H23N3O3S. The summed E-state index contributed by atoms with van der Waals surface area (Å²) >= 11 is 0. The molecule has 0 aromatic carbocycles. The molecule has 0 aliphatic carbocycles. The molecule has 6 nitrogen and oxygen atoms in total. The summed E-state index contributed by atoms with van der Waals surface area (Å²) in [5.74, 6) is -0.0233. The van der Waals surface area contributed by atoms with E-state index in [0.29, 0.717) is 19.0 Å². The minimum absolute atomic E-state index is 0.0857. The highest BCUT2D eigenvalue weighted by atomic mass is 32.2. The Bertz CT molecular complexity index is 362. The third-order valence-electron chi connectivity index (χ3n) is 3.42. The monoisotopic (exact) mass is 277 g/mol. The van der Waals surface area contributed by atoms with Gasteiger partial charge < -0.3 is 16.4 Å². The van der Waals surface area contributed by atoms with Gasteiger partial charge in [-0.25, -0.2) is 8.42 Å². The Balaban J connectivity index is 2.26. The van der Waals surface area contributed by atoms with Crippen LogP contribution >= 0.6 is 0 Å². The number of nitrogens with zero attached hydrogens (tertiary/aromatic N) is 1. The molecule has 1 aliphatic rings. The van der Waals surface area contributed by atoms with Crippen molar-refractivity contribution in [1.29, 1.82) is 0 Å². The Morgan fingerprint density at radius 2 is 1.83 bits per heavy atom. The molecule has 0 aromatic rings. The molecule has 0 radical (unpaired) electrons. The summed E-state index contributed by atoms with van der Waals surface area (Å²) < 4.78 is 23.3. The van der Waals surface area contributed by atoms with Crippen LogP contribution in [0.2, 0.25) is 0 Å². The predicted molar refractivity (Wildman–Crippen MR) is 70.7 cm³/mol. The minimum atomic E-state index is -3.16. The van der Waals surface area contributed by atoms with Gasteiger partial charge in [-0.05, 0) is 38.4 Å². The van der Waals surface area contributed by atoms with Crippen molar-refractivity contribution < 1.29 is 13.2 Å². The number of rotatable bonds is 7. The van der Waals surface area contributed by atoms with Crippen LogP contribution in [-0.2, 0) is 14.6 Å². The summed E-state index contributed by atoms with van der Waals surface area (Å²) in [4.78, 5) is 12.7. The van der Waals surface area contributed by atoms with E-state index in [4.69, 9.17) is 11.5 Å². The molecule has 1 heterocycles. The van der Waals surface area contributed by atoms with Gasteiger partial charge in [-0.3, -0.25) is 4.79 Å². The molecule has 0 aromatic heterocycles. The van der Waals surface area contributed by atoms with Gasteiger partial charge in [-0.2, -0.15) is 0 Å². The molecule has 0 bridgehead atoms. The maximum absolute atomic E-state index is 11.6. The van der Waals surface area contributed by atoms with E-state index in [-0.39, 0.29) is 17.9 Å². The van der Waals surface area contributed by atoms with E-state index in [1.54, 1.807) is 0 Å². The van der Waals surface area contributed by atoms with E-state index < -0.39 is 15.7 Å². The summed E-state index contributed by atoms with van der Waals surface area (Å²) in [6, 6.07) is 0. The van der Waals surface area contributed by atoms with Crippen molar-refractivity contribution in [3.8, 4) is 0 Å². The van der Waals surface area contributed by atoms with Gasteiger partial charge in [0.05, 0.1) is 11.5 Å². The molecule has 7 heteroatoms. The lowest BCUT2D eigenvalue weighted by molar-refractivity contribution is -0.117. The number of sulfone groups is 1. The normalized spacial score (nSPS) is 18.9. The van der Waals surface area contributed by atoms with Crippen molar-refractivity contribution in [3.05, 3.63) is 0 Å². The highest BCUT2D eigenvalue weighted by molar-refractivity contribution is 7.91. The smallest absolute Gasteiger partial charge is 0.218 e. The quantitative estimate of drug-likeness (QED) is 0.617. The first-order valence-corrected chi connectivity index (χ1v) is 8.16. The summed E-state index contributed by atoms with van der Waals surface area (Å²) in [7, 11) is -3.16. The second kappa shape index (κ2) is 7.06. The fraction of sp³-hybridized carbons (Fsp3) is 0.909. The van der Waals surface area contributed by atoms with Gasteiger partial charge in [0.2, 0.25) is 5.91 Å². The molecule has 0 unspecified atom stereocenters. The molecule has 1 saturated heterocycles. The third-order valence-corrected chi connectivity index (χ3v) is 5.05. The molecule has 1 rings (SSSR count). The van der Waals surface area contributed by atoms with Crippen molar-refractivity contribution in [2.24, 2.45) is 17.4 Å². The zero-order valence-electron chi connectivity index (χ0n) is 10.7. The topological polar surface area (TPSA) is 106 Å². The van der Waals surface area contributed by atoms with E-state index in [1.165, 1.54) is 0 Å². The fourth-order valence-electron chi connectivity index (χ4n) is 2.07. The van der Waals surface area contributed by atoms with Gasteiger partial charge in [-0.15, -0.1) is 0 Å². The second-order valence-electron chi connectivity index (χ2n) is 4.89. The zero-order chi connectivity index (χ0) is 13.6. The Labute approximate surface area is 109 Å². The van der Waals surface area contributed by atoms with Crippen LogP contribution in [0.3, 0.4) is 0 Å². The predicted octanol–water partition coefficient (Wildman–Crippen LogP) is -1.05. The molecule has 0 spiro atoms. The summed E-state index contributed by atoms with van der Waals surface area (Å²) in [5.41, 5.74) is 10.5. The van der Waals surface area contributed by atoms with Gasteiger partial charge in [0.15, 0.2) is 9.84 Å². The maximum Gasteiger partial charge on any atom is 0.218 e. The zero-order valence-corrected chi connectivity index (χ0v) is 11.5. The van der Waals surface area contributed by atoms with Gasteiger partial charge in [0, 0.05) is 13.0 Å². The lowest BCUT2D eigenvalue weighted by Crippen LogP contribution is -2.39. The Morgan fingerprint density at radius 3 is 2.33 bits per heavy atom. The van der Waals surface area contributed by atoms with Crippen molar-refractivity contribution >= 4 is 15.7 Å². The number of piperidine rings is 1. The van der Waals surface area contributed by atoms with Crippen LogP contribution in [0.1, 0.15) is 19.3 Å². The highest BCUT2D eigenvalue weighted by Crippen LogP contribution is 2.15. The van der Waals surface area contributed by atoms with Crippen molar-refractivity contribution in [2.45, 2.75) is 19.3 Å². The summed E-state index contributed by atoms with van der Waals surface area (Å²) in [6.45, 7) is 3.07. The van der Waals surface area contributed by atoms with E-state index in [1.807, 2.05) is 0 Å². The Hall–Kier alpha value is -0.660.